The molecular formula is C20H26O8. The van der Waals surface area contributed by atoms with Crippen molar-refractivity contribution in [2.75, 3.05) is 13.2 Å². The fraction of sp³-hybridized carbons (Fsp3) is 0.750. The van der Waals surface area contributed by atoms with Crippen molar-refractivity contribution in [1.82, 2.24) is 0 Å². The molecule has 4 N–H and O–H groups in total. The quantitative estimate of drug-likeness (QED) is 0.545. The lowest BCUT2D eigenvalue weighted by Gasteiger charge is -2.67. The maximum absolute atomic E-state index is 13.2. The first-order valence-corrected chi connectivity index (χ1v) is 9.85. The zero-order valence-electron chi connectivity index (χ0n) is 15.7. The Bertz CT molecular complexity index is 794. The van der Waals surface area contributed by atoms with Crippen molar-refractivity contribution in [1.29, 1.82) is 0 Å². The summed E-state index contributed by atoms with van der Waals surface area (Å²) in [6.45, 7) is 1.42. The van der Waals surface area contributed by atoms with E-state index in [0.717, 1.165) is 0 Å². The van der Waals surface area contributed by atoms with Crippen molar-refractivity contribution < 1.29 is 39.1 Å². The fourth-order valence-electron chi connectivity index (χ4n) is 6.81. The number of cyclic esters (lactones) is 1. The number of carbonyl (C=O) groups excluding carboxylic acids is 1. The Hall–Kier alpha value is -1.45. The third-order valence-electron chi connectivity index (χ3n) is 8.23. The van der Waals surface area contributed by atoms with Crippen LogP contribution in [0, 0.1) is 22.7 Å². The van der Waals surface area contributed by atoms with Gasteiger partial charge in [-0.1, -0.05) is 6.92 Å². The van der Waals surface area contributed by atoms with Crippen LogP contribution < -0.4 is 0 Å². The molecule has 0 amide bonds. The molecule has 3 heterocycles. The van der Waals surface area contributed by atoms with Gasteiger partial charge in [-0.05, 0) is 37.2 Å². The molecule has 154 valence electrons. The monoisotopic (exact) mass is 394 g/mol. The molecule has 8 unspecified atom stereocenters. The molecule has 2 saturated heterocycles. The van der Waals surface area contributed by atoms with Gasteiger partial charge in [0.05, 0.1) is 42.2 Å². The van der Waals surface area contributed by atoms with E-state index < -0.39 is 46.3 Å². The van der Waals surface area contributed by atoms with Gasteiger partial charge in [-0.2, -0.15) is 0 Å². The van der Waals surface area contributed by atoms with Crippen molar-refractivity contribution in [3.05, 3.63) is 24.2 Å². The molecule has 8 heteroatoms. The summed E-state index contributed by atoms with van der Waals surface area (Å²) in [6, 6.07) is 1.65. The van der Waals surface area contributed by atoms with E-state index in [1.165, 1.54) is 12.5 Å². The zero-order chi connectivity index (χ0) is 19.9. The van der Waals surface area contributed by atoms with Crippen LogP contribution in [-0.4, -0.2) is 57.1 Å². The molecule has 4 aliphatic rings. The first-order chi connectivity index (χ1) is 13.2. The molecule has 28 heavy (non-hydrogen) atoms. The van der Waals surface area contributed by atoms with Gasteiger partial charge in [-0.3, -0.25) is 4.79 Å². The summed E-state index contributed by atoms with van der Waals surface area (Å²) < 4.78 is 16.4. The van der Waals surface area contributed by atoms with E-state index in [1.807, 2.05) is 6.92 Å². The summed E-state index contributed by atoms with van der Waals surface area (Å²) >= 11 is 0. The van der Waals surface area contributed by atoms with E-state index in [9.17, 15) is 25.2 Å². The number of rotatable bonds is 3. The van der Waals surface area contributed by atoms with Crippen LogP contribution in [-0.2, 0) is 14.3 Å². The predicted octanol–water partition coefficient (Wildman–Crippen LogP) is 0.493. The van der Waals surface area contributed by atoms with Crippen molar-refractivity contribution in [3.63, 3.8) is 0 Å². The van der Waals surface area contributed by atoms with E-state index in [2.05, 4.69) is 0 Å². The number of carbonyl (C=O) groups is 1. The van der Waals surface area contributed by atoms with Crippen molar-refractivity contribution in [3.8, 4) is 0 Å². The van der Waals surface area contributed by atoms with Crippen LogP contribution in [0.2, 0.25) is 0 Å². The minimum Gasteiger partial charge on any atom is -0.472 e. The maximum atomic E-state index is 13.2. The normalized spacial score (nSPS) is 50.8. The van der Waals surface area contributed by atoms with Crippen LogP contribution in [0.25, 0.3) is 0 Å². The molecule has 1 aromatic heterocycles. The molecule has 1 aromatic rings. The number of ether oxygens (including phenoxy) is 2. The van der Waals surface area contributed by atoms with Gasteiger partial charge in [0, 0.05) is 12.0 Å². The summed E-state index contributed by atoms with van der Waals surface area (Å²) in [4.78, 5) is 13.2. The molecule has 0 radical (unpaired) electrons. The first-order valence-electron chi connectivity index (χ1n) is 9.85. The third kappa shape index (κ3) is 1.86. The lowest BCUT2D eigenvalue weighted by Crippen LogP contribution is -2.78. The van der Waals surface area contributed by atoms with Crippen LogP contribution in [0.1, 0.15) is 44.3 Å². The number of hydrogen-bond acceptors (Lipinski definition) is 8. The molecule has 2 aliphatic heterocycles. The SMILES string of the molecule is CC1CC2(O)OCC3(O)C(O)CCC4C1(CC(O)c1ccoc1)C(=O)OCC423. The summed E-state index contributed by atoms with van der Waals surface area (Å²) in [7, 11) is 0. The van der Waals surface area contributed by atoms with Gasteiger partial charge in [0.1, 0.15) is 12.2 Å². The van der Waals surface area contributed by atoms with Crippen LogP contribution >= 0.6 is 0 Å². The highest BCUT2D eigenvalue weighted by atomic mass is 16.7. The Morgan fingerprint density at radius 3 is 2.79 bits per heavy atom. The molecule has 0 aromatic carbocycles. The lowest BCUT2D eigenvalue weighted by atomic mass is 9.40. The van der Waals surface area contributed by atoms with E-state index in [-0.39, 0.29) is 38.4 Å². The number of aliphatic hydroxyl groups is 4. The van der Waals surface area contributed by atoms with Gasteiger partial charge >= 0.3 is 5.97 Å². The standard InChI is InChI=1S/C20H26O8/c1-11-6-20(25)18-9-27-16(23)17(11,7-13(21)12-4-5-26-8-12)14(18)2-3-15(22)19(18,24)10-28-20/h4-5,8,11,13-15,21-22,24-25H,2-3,6-7,9-10H2,1H3. The number of esters is 1. The van der Waals surface area contributed by atoms with E-state index in [4.69, 9.17) is 13.9 Å². The highest BCUT2D eigenvalue weighted by molar-refractivity contribution is 5.80. The van der Waals surface area contributed by atoms with E-state index in [0.29, 0.717) is 12.0 Å². The Morgan fingerprint density at radius 1 is 1.29 bits per heavy atom. The second-order valence-corrected chi connectivity index (χ2v) is 9.11. The average molecular weight is 394 g/mol. The average Bonchev–Trinajstić information content (AvgIpc) is 3.26. The van der Waals surface area contributed by atoms with E-state index in [1.54, 1.807) is 6.07 Å². The van der Waals surface area contributed by atoms with Gasteiger partial charge in [0.25, 0.3) is 0 Å². The topological polar surface area (TPSA) is 130 Å². The predicted molar refractivity (Wildman–Crippen MR) is 92.5 cm³/mol. The van der Waals surface area contributed by atoms with Crippen molar-refractivity contribution in [2.45, 2.75) is 56.2 Å². The Balaban J connectivity index is 1.66. The second-order valence-electron chi connectivity index (χ2n) is 9.11. The molecule has 8 nitrogen and oxygen atoms in total. The summed E-state index contributed by atoms with van der Waals surface area (Å²) in [6.07, 6.45) is 1.76. The molecule has 1 spiro atoms. The van der Waals surface area contributed by atoms with Gasteiger partial charge in [0.15, 0.2) is 5.79 Å². The molecule has 8 atom stereocenters. The first kappa shape index (κ1) is 18.6. The zero-order valence-corrected chi connectivity index (χ0v) is 15.7. The van der Waals surface area contributed by atoms with Crippen LogP contribution in [0.3, 0.4) is 0 Å². The Kier molecular flexibility index (Phi) is 3.70. The van der Waals surface area contributed by atoms with Crippen LogP contribution in [0.15, 0.2) is 23.0 Å². The Morgan fingerprint density at radius 2 is 2.07 bits per heavy atom. The maximum Gasteiger partial charge on any atom is 0.312 e. The number of hydrogen-bond donors (Lipinski definition) is 4. The van der Waals surface area contributed by atoms with Gasteiger partial charge < -0.3 is 34.3 Å². The smallest absolute Gasteiger partial charge is 0.312 e. The van der Waals surface area contributed by atoms with Crippen molar-refractivity contribution >= 4 is 5.97 Å². The van der Waals surface area contributed by atoms with Gasteiger partial charge in [-0.25, -0.2) is 0 Å². The summed E-state index contributed by atoms with van der Waals surface area (Å²) in [5, 5.41) is 44.3. The van der Waals surface area contributed by atoms with E-state index >= 15 is 0 Å². The minimum atomic E-state index is -1.71. The number of furan rings is 1. The minimum absolute atomic E-state index is 0.0845. The molecule has 2 bridgehead atoms. The van der Waals surface area contributed by atoms with Crippen LogP contribution in [0.5, 0.6) is 0 Å². The van der Waals surface area contributed by atoms with Gasteiger partial charge in [-0.15, -0.1) is 0 Å². The largest absolute Gasteiger partial charge is 0.472 e. The number of aliphatic hydroxyl groups excluding tert-OH is 2. The molecular weight excluding hydrogens is 368 g/mol. The van der Waals surface area contributed by atoms with Crippen LogP contribution in [0.4, 0.5) is 0 Å². The molecule has 4 fully saturated rings. The highest BCUT2D eigenvalue weighted by Gasteiger charge is 2.84. The molecule has 2 saturated carbocycles. The fourth-order valence-corrected chi connectivity index (χ4v) is 6.81. The lowest BCUT2D eigenvalue weighted by molar-refractivity contribution is -0.354. The molecule has 5 rings (SSSR count). The molecule has 2 aliphatic carbocycles. The Labute approximate surface area is 162 Å². The second kappa shape index (κ2) is 5.58. The summed E-state index contributed by atoms with van der Waals surface area (Å²) in [5.74, 6) is -2.97. The highest BCUT2D eigenvalue weighted by Crippen LogP contribution is 2.73. The van der Waals surface area contributed by atoms with Crippen molar-refractivity contribution in [2.24, 2.45) is 22.7 Å². The summed E-state index contributed by atoms with van der Waals surface area (Å²) in [5.41, 5.74) is -3.59. The van der Waals surface area contributed by atoms with Gasteiger partial charge in [0.2, 0.25) is 0 Å². The third-order valence-corrected chi connectivity index (χ3v) is 8.23.